The van der Waals surface area contributed by atoms with E-state index in [4.69, 9.17) is 9.47 Å². The molecule has 1 N–H and O–H groups in total. The summed E-state index contributed by atoms with van der Waals surface area (Å²) >= 11 is 0. The number of ether oxygens (including phenoxy) is 2. The second kappa shape index (κ2) is 6.97. The largest absolute Gasteiger partial charge is 0.372 e. The van der Waals surface area contributed by atoms with Gasteiger partial charge in [0.1, 0.15) is 5.60 Å². The van der Waals surface area contributed by atoms with Gasteiger partial charge in [0.2, 0.25) is 0 Å². The molecule has 1 unspecified atom stereocenters. The molecule has 1 aliphatic carbocycles. The van der Waals surface area contributed by atoms with Crippen LogP contribution in [0.15, 0.2) is 18.2 Å². The van der Waals surface area contributed by atoms with E-state index in [0.717, 1.165) is 54.7 Å². The van der Waals surface area contributed by atoms with Crippen molar-refractivity contribution in [2.75, 3.05) is 19.7 Å². The minimum absolute atomic E-state index is 0.0284. The van der Waals surface area contributed by atoms with Crippen molar-refractivity contribution in [1.29, 1.82) is 0 Å². The van der Waals surface area contributed by atoms with Gasteiger partial charge in [0.25, 0.3) is 5.91 Å². The molecule has 2 aromatic rings. The van der Waals surface area contributed by atoms with Crippen LogP contribution in [0.4, 0.5) is 0 Å². The predicted octanol–water partition coefficient (Wildman–Crippen LogP) is 2.19. The van der Waals surface area contributed by atoms with Crippen LogP contribution >= 0.6 is 0 Å². The number of carbonyl (C=O) groups excluding carboxylic acids is 1. The highest BCUT2D eigenvalue weighted by Gasteiger charge is 2.50. The summed E-state index contributed by atoms with van der Waals surface area (Å²) in [5, 5.41) is 7.30. The number of nitrogens with zero attached hydrogens (tertiary/aromatic N) is 3. The van der Waals surface area contributed by atoms with E-state index in [1.54, 1.807) is 0 Å². The molecule has 3 aliphatic rings. The number of rotatable bonds is 4. The SMILES string of the molecule is Cc1cccc(COC2CCOC3(C2)CN(C(=O)c2n[nH]c4c2CCC4)C3)n1. The number of fused-ring (bicyclic) bond motifs is 1. The lowest BCUT2D eigenvalue weighted by Crippen LogP contribution is -2.67. The fourth-order valence-electron chi connectivity index (χ4n) is 4.67. The molecule has 2 saturated heterocycles. The summed E-state index contributed by atoms with van der Waals surface area (Å²) in [5.41, 5.74) is 4.54. The van der Waals surface area contributed by atoms with Crippen molar-refractivity contribution in [3.8, 4) is 0 Å². The highest BCUT2D eigenvalue weighted by atomic mass is 16.5. The van der Waals surface area contributed by atoms with Crippen LogP contribution in [0, 0.1) is 6.92 Å². The zero-order chi connectivity index (χ0) is 19.1. The Morgan fingerprint density at radius 1 is 1.39 bits per heavy atom. The Balaban J connectivity index is 1.17. The molecule has 0 saturated carbocycles. The first kappa shape index (κ1) is 17.8. The van der Waals surface area contributed by atoms with Crippen LogP contribution in [0.2, 0.25) is 0 Å². The first-order chi connectivity index (χ1) is 13.6. The van der Waals surface area contributed by atoms with Gasteiger partial charge in [-0.05, 0) is 44.7 Å². The molecule has 0 radical (unpaired) electrons. The van der Waals surface area contributed by atoms with E-state index in [9.17, 15) is 4.79 Å². The number of hydrogen-bond acceptors (Lipinski definition) is 5. The molecule has 4 heterocycles. The summed E-state index contributed by atoms with van der Waals surface area (Å²) in [6, 6.07) is 5.99. The van der Waals surface area contributed by atoms with Gasteiger partial charge in [-0.2, -0.15) is 5.10 Å². The molecule has 0 aromatic carbocycles. The zero-order valence-electron chi connectivity index (χ0n) is 16.2. The summed E-state index contributed by atoms with van der Waals surface area (Å²) in [6.07, 6.45) is 4.90. The number of carbonyl (C=O) groups is 1. The topological polar surface area (TPSA) is 80.3 Å². The molecule has 7 heteroatoms. The second-order valence-electron chi connectivity index (χ2n) is 8.27. The molecule has 2 fully saturated rings. The van der Waals surface area contributed by atoms with Crippen LogP contribution in [0.25, 0.3) is 0 Å². The van der Waals surface area contributed by atoms with E-state index in [1.165, 1.54) is 0 Å². The Bertz CT molecular complexity index is 888. The van der Waals surface area contributed by atoms with Crippen molar-refractivity contribution in [1.82, 2.24) is 20.1 Å². The lowest BCUT2D eigenvalue weighted by Gasteiger charge is -2.52. The van der Waals surface area contributed by atoms with Crippen LogP contribution < -0.4 is 0 Å². The molecule has 0 bridgehead atoms. The lowest BCUT2D eigenvalue weighted by atomic mass is 9.84. The van der Waals surface area contributed by atoms with Crippen molar-refractivity contribution in [2.45, 2.75) is 57.3 Å². The zero-order valence-corrected chi connectivity index (χ0v) is 16.2. The standard InChI is InChI=1S/C21H26N4O3/c1-14-4-2-5-15(22-14)11-27-16-8-9-28-21(10-16)12-25(13-21)20(26)19-17-6-3-7-18(17)23-24-19/h2,4-5,16H,3,6-13H2,1H3,(H,23,24). The summed E-state index contributed by atoms with van der Waals surface area (Å²) < 4.78 is 12.2. The van der Waals surface area contributed by atoms with E-state index in [0.29, 0.717) is 32.0 Å². The van der Waals surface area contributed by atoms with E-state index in [-0.39, 0.29) is 17.6 Å². The van der Waals surface area contributed by atoms with Crippen LogP contribution in [0.1, 0.15) is 52.4 Å². The third-order valence-corrected chi connectivity index (χ3v) is 6.11. The first-order valence-corrected chi connectivity index (χ1v) is 10.2. The fraction of sp³-hybridized carbons (Fsp3) is 0.571. The maximum Gasteiger partial charge on any atom is 0.274 e. The van der Waals surface area contributed by atoms with Gasteiger partial charge in [-0.15, -0.1) is 0 Å². The average Bonchev–Trinajstić information content (AvgIpc) is 3.28. The number of aromatic amines is 1. The third-order valence-electron chi connectivity index (χ3n) is 6.11. The van der Waals surface area contributed by atoms with E-state index in [1.807, 2.05) is 30.0 Å². The summed E-state index contributed by atoms with van der Waals surface area (Å²) in [4.78, 5) is 19.2. The second-order valence-corrected chi connectivity index (χ2v) is 8.27. The molecule has 5 rings (SSSR count). The maximum atomic E-state index is 12.8. The molecular formula is C21H26N4O3. The van der Waals surface area contributed by atoms with Crippen LogP contribution in [0.5, 0.6) is 0 Å². The number of aromatic nitrogens is 3. The van der Waals surface area contributed by atoms with Gasteiger partial charge in [0.05, 0.1) is 31.5 Å². The van der Waals surface area contributed by atoms with Gasteiger partial charge in [-0.3, -0.25) is 14.9 Å². The highest BCUT2D eigenvalue weighted by molar-refractivity contribution is 5.95. The summed E-state index contributed by atoms with van der Waals surface area (Å²) in [5.74, 6) is 0.0284. The van der Waals surface area contributed by atoms with E-state index in [2.05, 4.69) is 15.2 Å². The molecule has 148 valence electrons. The number of pyridine rings is 1. The first-order valence-electron chi connectivity index (χ1n) is 10.2. The van der Waals surface area contributed by atoms with Gasteiger partial charge in [0, 0.05) is 30.0 Å². The number of H-pyrrole nitrogens is 1. The Kier molecular flexibility index (Phi) is 4.44. The summed E-state index contributed by atoms with van der Waals surface area (Å²) in [7, 11) is 0. The van der Waals surface area contributed by atoms with Crippen molar-refractivity contribution in [2.24, 2.45) is 0 Å². The Morgan fingerprint density at radius 3 is 3.14 bits per heavy atom. The van der Waals surface area contributed by atoms with Crippen LogP contribution in [0.3, 0.4) is 0 Å². The number of aryl methyl sites for hydroxylation is 2. The molecule has 2 aliphatic heterocycles. The monoisotopic (exact) mass is 382 g/mol. The van der Waals surface area contributed by atoms with Crippen LogP contribution in [-0.4, -0.2) is 57.4 Å². The van der Waals surface area contributed by atoms with Crippen molar-refractivity contribution < 1.29 is 14.3 Å². The van der Waals surface area contributed by atoms with Crippen molar-refractivity contribution in [3.63, 3.8) is 0 Å². The highest BCUT2D eigenvalue weighted by Crippen LogP contribution is 2.37. The normalized spacial score (nSPS) is 22.9. The Labute approximate surface area is 164 Å². The smallest absolute Gasteiger partial charge is 0.274 e. The van der Waals surface area contributed by atoms with Gasteiger partial charge < -0.3 is 14.4 Å². The Hall–Kier alpha value is -2.25. The third kappa shape index (κ3) is 3.22. The average molecular weight is 382 g/mol. The number of amides is 1. The molecule has 7 nitrogen and oxygen atoms in total. The molecule has 1 atom stereocenters. The van der Waals surface area contributed by atoms with E-state index < -0.39 is 0 Å². The number of hydrogen-bond donors (Lipinski definition) is 1. The van der Waals surface area contributed by atoms with E-state index >= 15 is 0 Å². The lowest BCUT2D eigenvalue weighted by molar-refractivity contribution is -0.188. The van der Waals surface area contributed by atoms with Gasteiger partial charge in [-0.1, -0.05) is 6.07 Å². The number of nitrogens with one attached hydrogen (secondary N) is 1. The molecule has 1 amide bonds. The van der Waals surface area contributed by atoms with Crippen LogP contribution in [-0.2, 0) is 28.9 Å². The minimum Gasteiger partial charge on any atom is -0.372 e. The van der Waals surface area contributed by atoms with Gasteiger partial charge >= 0.3 is 0 Å². The molecular weight excluding hydrogens is 356 g/mol. The Morgan fingerprint density at radius 2 is 2.29 bits per heavy atom. The minimum atomic E-state index is -0.266. The molecule has 28 heavy (non-hydrogen) atoms. The fourth-order valence-corrected chi connectivity index (χ4v) is 4.67. The predicted molar refractivity (Wildman–Crippen MR) is 102 cm³/mol. The van der Waals surface area contributed by atoms with Gasteiger partial charge in [-0.25, -0.2) is 0 Å². The maximum absolute atomic E-state index is 12.8. The molecule has 2 aromatic heterocycles. The number of likely N-dealkylation sites (tertiary alicyclic amines) is 1. The quantitative estimate of drug-likeness (QED) is 0.877. The van der Waals surface area contributed by atoms with Gasteiger partial charge in [0.15, 0.2) is 5.69 Å². The summed E-state index contributed by atoms with van der Waals surface area (Å²) in [6.45, 7) is 4.42. The molecule has 1 spiro atoms. The van der Waals surface area contributed by atoms with Crippen molar-refractivity contribution in [3.05, 3.63) is 46.5 Å². The van der Waals surface area contributed by atoms with Crippen molar-refractivity contribution >= 4 is 5.91 Å².